The summed E-state index contributed by atoms with van der Waals surface area (Å²) in [5.74, 6) is 1.16. The van der Waals surface area contributed by atoms with Crippen molar-refractivity contribution in [1.29, 1.82) is 0 Å². The molecule has 3 N–H and O–H groups in total. The highest BCUT2D eigenvalue weighted by Gasteiger charge is 2.36. The zero-order valence-corrected chi connectivity index (χ0v) is 17.8. The molecule has 0 saturated carbocycles. The van der Waals surface area contributed by atoms with E-state index in [1.165, 1.54) is 14.2 Å². The smallest absolute Gasteiger partial charge is 0.290 e. The Bertz CT molecular complexity index is 891. The number of methoxy groups -OCH3 is 2. The lowest BCUT2D eigenvalue weighted by molar-refractivity contribution is -0.148. The average Bonchev–Trinajstić information content (AvgIpc) is 2.82. The first kappa shape index (κ1) is 24.5. The van der Waals surface area contributed by atoms with Gasteiger partial charge in [-0.15, -0.1) is 0 Å². The summed E-state index contributed by atoms with van der Waals surface area (Å²) in [7, 11) is 3.06. The lowest BCUT2D eigenvalue weighted by atomic mass is 9.98. The summed E-state index contributed by atoms with van der Waals surface area (Å²) in [4.78, 5) is 32.9. The van der Waals surface area contributed by atoms with Crippen LogP contribution in [-0.2, 0) is 19.1 Å². The Hall–Kier alpha value is -3.79. The van der Waals surface area contributed by atoms with Crippen molar-refractivity contribution in [3.63, 3.8) is 0 Å². The molecule has 0 aromatic heterocycles. The molecule has 0 radical (unpaired) electrons. The van der Waals surface area contributed by atoms with Crippen LogP contribution >= 0.6 is 0 Å². The fourth-order valence-corrected chi connectivity index (χ4v) is 3.04. The summed E-state index contributed by atoms with van der Waals surface area (Å²) in [6, 6.07) is 13.9. The van der Waals surface area contributed by atoms with Crippen LogP contribution in [0.4, 0.5) is 0 Å². The van der Waals surface area contributed by atoms with Crippen molar-refractivity contribution in [3.8, 4) is 17.2 Å². The average molecular weight is 446 g/mol. The normalized spacial score (nSPS) is 17.1. The van der Waals surface area contributed by atoms with Gasteiger partial charge in [0.25, 0.3) is 12.4 Å². The van der Waals surface area contributed by atoms with E-state index in [-0.39, 0.29) is 24.9 Å². The van der Waals surface area contributed by atoms with E-state index in [0.29, 0.717) is 30.2 Å². The van der Waals surface area contributed by atoms with Gasteiger partial charge in [0.15, 0.2) is 17.6 Å². The van der Waals surface area contributed by atoms with Crippen molar-refractivity contribution in [2.24, 2.45) is 0 Å². The van der Waals surface area contributed by atoms with Crippen molar-refractivity contribution in [2.45, 2.75) is 12.1 Å². The predicted molar refractivity (Wildman–Crippen MR) is 114 cm³/mol. The molecular weight excluding hydrogens is 420 g/mol. The minimum absolute atomic E-state index is 0.178. The Kier molecular flexibility index (Phi) is 9.79. The van der Waals surface area contributed by atoms with Crippen LogP contribution in [0.2, 0.25) is 0 Å². The molecule has 2 aromatic carbocycles. The van der Waals surface area contributed by atoms with Gasteiger partial charge in [-0.3, -0.25) is 14.4 Å². The molecule has 1 aliphatic rings. The lowest BCUT2D eigenvalue weighted by Gasteiger charge is -2.32. The van der Waals surface area contributed by atoms with Crippen LogP contribution in [0.15, 0.2) is 48.5 Å². The second kappa shape index (κ2) is 12.8. The van der Waals surface area contributed by atoms with Crippen LogP contribution in [0.25, 0.3) is 0 Å². The van der Waals surface area contributed by atoms with E-state index in [1.807, 2.05) is 30.3 Å². The maximum atomic E-state index is 12.7. The van der Waals surface area contributed by atoms with Gasteiger partial charge in [0.2, 0.25) is 5.91 Å². The molecule has 0 aliphatic carbocycles. The van der Waals surface area contributed by atoms with E-state index in [2.05, 4.69) is 10.6 Å². The van der Waals surface area contributed by atoms with Gasteiger partial charge in [-0.05, 0) is 29.8 Å². The summed E-state index contributed by atoms with van der Waals surface area (Å²) in [5.41, 5.74) is 0.677. The zero-order valence-electron chi connectivity index (χ0n) is 17.8. The fraction of sp³-hybridized carbons (Fsp3) is 0.318. The van der Waals surface area contributed by atoms with E-state index in [1.54, 1.807) is 18.2 Å². The number of morpholine rings is 1. The Morgan fingerprint density at radius 1 is 1.19 bits per heavy atom. The monoisotopic (exact) mass is 446 g/mol. The predicted octanol–water partition coefficient (Wildman–Crippen LogP) is 1.16. The van der Waals surface area contributed by atoms with Crippen molar-refractivity contribution in [2.75, 3.05) is 34.0 Å². The van der Waals surface area contributed by atoms with E-state index in [9.17, 15) is 9.59 Å². The molecule has 1 saturated heterocycles. The SMILES string of the molecule is COc1ccc([C@H]2NC(=O)CO[C@@H]2C(=O)NCCOc2ccccc2)cc1OC.O=CO. The van der Waals surface area contributed by atoms with E-state index >= 15 is 0 Å². The molecule has 2 amide bonds. The van der Waals surface area contributed by atoms with Gasteiger partial charge >= 0.3 is 0 Å². The van der Waals surface area contributed by atoms with E-state index < -0.39 is 12.1 Å². The highest BCUT2D eigenvalue weighted by molar-refractivity contribution is 5.86. The van der Waals surface area contributed by atoms with Crippen molar-refractivity contribution in [3.05, 3.63) is 54.1 Å². The Labute approximate surface area is 185 Å². The molecule has 2 aromatic rings. The fourth-order valence-electron chi connectivity index (χ4n) is 3.04. The summed E-state index contributed by atoms with van der Waals surface area (Å²) in [6.45, 7) is 0.193. The topological polar surface area (TPSA) is 132 Å². The first-order valence-corrected chi connectivity index (χ1v) is 9.70. The van der Waals surface area contributed by atoms with Crippen molar-refractivity contribution < 1.29 is 38.4 Å². The maximum Gasteiger partial charge on any atom is 0.290 e. The minimum atomic E-state index is -0.873. The number of carbonyl (C=O) groups excluding carboxylic acids is 2. The van der Waals surface area contributed by atoms with Gasteiger partial charge in [0, 0.05) is 0 Å². The number of hydrogen-bond donors (Lipinski definition) is 3. The summed E-state index contributed by atoms with van der Waals surface area (Å²) in [5, 5.41) is 12.5. The van der Waals surface area contributed by atoms with Crippen LogP contribution in [0.3, 0.4) is 0 Å². The van der Waals surface area contributed by atoms with Crippen molar-refractivity contribution >= 4 is 18.3 Å². The number of ether oxygens (including phenoxy) is 4. The third-order valence-corrected chi connectivity index (χ3v) is 4.45. The molecule has 10 heteroatoms. The van der Waals surface area contributed by atoms with Gasteiger partial charge in [-0.25, -0.2) is 0 Å². The first-order chi connectivity index (χ1) is 15.5. The van der Waals surface area contributed by atoms with Crippen molar-refractivity contribution in [1.82, 2.24) is 10.6 Å². The molecule has 1 aliphatic heterocycles. The number of hydrogen-bond acceptors (Lipinski definition) is 7. The van der Waals surface area contributed by atoms with Crippen LogP contribution < -0.4 is 24.8 Å². The Morgan fingerprint density at radius 2 is 1.88 bits per heavy atom. The largest absolute Gasteiger partial charge is 0.493 e. The molecule has 1 heterocycles. The van der Waals surface area contributed by atoms with E-state index in [0.717, 1.165) is 5.75 Å². The first-order valence-electron chi connectivity index (χ1n) is 9.70. The molecule has 3 rings (SSSR count). The minimum Gasteiger partial charge on any atom is -0.493 e. The third-order valence-electron chi connectivity index (χ3n) is 4.45. The highest BCUT2D eigenvalue weighted by atomic mass is 16.5. The Balaban J connectivity index is 0.00000114. The number of para-hydroxylation sites is 1. The van der Waals surface area contributed by atoms with E-state index in [4.69, 9.17) is 28.8 Å². The van der Waals surface area contributed by atoms with Crippen LogP contribution in [0, 0.1) is 0 Å². The summed E-state index contributed by atoms with van der Waals surface area (Å²) in [6.07, 6.45) is -0.873. The second-order valence-electron chi connectivity index (χ2n) is 6.45. The Morgan fingerprint density at radius 3 is 2.53 bits per heavy atom. The summed E-state index contributed by atoms with van der Waals surface area (Å²) >= 11 is 0. The number of nitrogens with one attached hydrogen (secondary N) is 2. The van der Waals surface area contributed by atoms with Gasteiger partial charge < -0.3 is 34.7 Å². The maximum absolute atomic E-state index is 12.7. The number of rotatable bonds is 8. The zero-order chi connectivity index (χ0) is 23.3. The number of carboxylic acid groups (broad SMARTS) is 1. The number of amides is 2. The van der Waals surface area contributed by atoms with Gasteiger partial charge in [-0.1, -0.05) is 24.3 Å². The second-order valence-corrected chi connectivity index (χ2v) is 6.45. The molecule has 0 spiro atoms. The molecule has 2 atom stereocenters. The molecule has 172 valence electrons. The summed E-state index contributed by atoms with van der Waals surface area (Å²) < 4.78 is 21.7. The van der Waals surface area contributed by atoms with Crippen LogP contribution in [0.5, 0.6) is 17.2 Å². The molecule has 1 fully saturated rings. The molecule has 0 bridgehead atoms. The molecule has 10 nitrogen and oxygen atoms in total. The highest BCUT2D eigenvalue weighted by Crippen LogP contribution is 2.32. The third kappa shape index (κ3) is 6.88. The molecule has 0 unspecified atom stereocenters. The number of benzene rings is 2. The standard InChI is InChI=1S/C21H24N2O6.CH2O2/c1-26-16-9-8-14(12-17(16)27-2)19-20(29-13-18(24)23-19)21(25)22-10-11-28-15-6-4-3-5-7-15;2-1-3/h3-9,12,19-20H,10-11,13H2,1-2H3,(H,22,25)(H,23,24);1H,(H,2,3)/t19-,20+;/m1./s1. The molecular formula is C22H26N2O8. The van der Waals surface area contributed by atoms with Crippen LogP contribution in [0.1, 0.15) is 11.6 Å². The quantitative estimate of drug-likeness (QED) is 0.406. The van der Waals surface area contributed by atoms with Gasteiger partial charge in [0.05, 0.1) is 26.8 Å². The molecule has 32 heavy (non-hydrogen) atoms. The van der Waals surface area contributed by atoms with Crippen LogP contribution in [-0.4, -0.2) is 63.5 Å². The lowest BCUT2D eigenvalue weighted by Crippen LogP contribution is -2.52. The van der Waals surface area contributed by atoms with Gasteiger partial charge in [0.1, 0.15) is 19.0 Å². The van der Waals surface area contributed by atoms with Gasteiger partial charge in [-0.2, -0.15) is 0 Å². The number of carbonyl (C=O) groups is 3.